The summed E-state index contributed by atoms with van der Waals surface area (Å²) in [6.07, 6.45) is 3.92. The molecule has 0 radical (unpaired) electrons. The Hall–Kier alpha value is -0.820. The summed E-state index contributed by atoms with van der Waals surface area (Å²) in [6, 6.07) is 8.96. The van der Waals surface area contributed by atoms with E-state index in [0.717, 1.165) is 13.1 Å². The van der Waals surface area contributed by atoms with Gasteiger partial charge >= 0.3 is 0 Å². The van der Waals surface area contributed by atoms with Crippen LogP contribution in [0.25, 0.3) is 0 Å². The maximum absolute atomic E-state index is 3.49. The summed E-state index contributed by atoms with van der Waals surface area (Å²) in [5.74, 6) is 0.631. The predicted molar refractivity (Wildman–Crippen MR) is 71.8 cm³/mol. The maximum Gasteiger partial charge on any atom is 0.0205 e. The molecule has 1 rings (SSSR count). The van der Waals surface area contributed by atoms with E-state index in [-0.39, 0.29) is 0 Å². The molecule has 0 aliphatic rings. The number of hydrogen-bond donors (Lipinski definition) is 1. The third-order valence-electron chi connectivity index (χ3n) is 2.93. The largest absolute Gasteiger partial charge is 0.313 e. The Bertz CT molecular complexity index is 274. The standard InChI is InChI=1S/C15H25N/c1-4-5-6-11-16-12-14-7-9-15(10-8-14)13(2)3/h7-10,13,16H,4-6,11-12H2,1-3H3. The van der Waals surface area contributed by atoms with Crippen LogP contribution in [0.3, 0.4) is 0 Å². The average Bonchev–Trinajstić information content (AvgIpc) is 2.29. The Morgan fingerprint density at radius 3 is 2.31 bits per heavy atom. The SMILES string of the molecule is CCCCCNCc1ccc(C(C)C)cc1. The molecule has 0 atom stereocenters. The molecule has 1 heteroatoms. The summed E-state index contributed by atoms with van der Waals surface area (Å²) in [5.41, 5.74) is 2.82. The zero-order chi connectivity index (χ0) is 11.8. The number of unbranched alkanes of at least 4 members (excludes halogenated alkanes) is 2. The molecule has 1 aromatic rings. The van der Waals surface area contributed by atoms with Crippen molar-refractivity contribution in [1.82, 2.24) is 5.32 Å². The van der Waals surface area contributed by atoms with Crippen molar-refractivity contribution in [1.29, 1.82) is 0 Å². The zero-order valence-corrected chi connectivity index (χ0v) is 10.9. The van der Waals surface area contributed by atoms with Gasteiger partial charge in [-0.1, -0.05) is 57.9 Å². The van der Waals surface area contributed by atoms with Gasteiger partial charge in [0.05, 0.1) is 0 Å². The first-order valence-electron chi connectivity index (χ1n) is 6.53. The second-order valence-corrected chi connectivity index (χ2v) is 4.78. The Morgan fingerprint density at radius 1 is 1.06 bits per heavy atom. The van der Waals surface area contributed by atoms with Crippen molar-refractivity contribution in [3.05, 3.63) is 35.4 Å². The van der Waals surface area contributed by atoms with Gasteiger partial charge in [-0.25, -0.2) is 0 Å². The third kappa shape index (κ3) is 4.80. The normalized spacial score (nSPS) is 11.0. The van der Waals surface area contributed by atoms with E-state index in [4.69, 9.17) is 0 Å². The molecular weight excluding hydrogens is 194 g/mol. The molecule has 1 N–H and O–H groups in total. The molecule has 16 heavy (non-hydrogen) atoms. The second kappa shape index (κ2) is 7.45. The summed E-state index contributed by atoms with van der Waals surface area (Å²) in [7, 11) is 0. The summed E-state index contributed by atoms with van der Waals surface area (Å²) >= 11 is 0. The van der Waals surface area contributed by atoms with Crippen LogP contribution in [-0.2, 0) is 6.54 Å². The lowest BCUT2D eigenvalue weighted by atomic mass is 10.0. The monoisotopic (exact) mass is 219 g/mol. The molecule has 0 bridgehead atoms. The molecule has 0 spiro atoms. The Labute approximate surface area is 100 Å². The lowest BCUT2D eigenvalue weighted by Crippen LogP contribution is -2.14. The quantitative estimate of drug-likeness (QED) is 0.681. The molecule has 1 aromatic carbocycles. The van der Waals surface area contributed by atoms with Gasteiger partial charge in [-0.05, 0) is 30.0 Å². The first-order chi connectivity index (χ1) is 7.74. The minimum absolute atomic E-state index is 0.631. The van der Waals surface area contributed by atoms with Gasteiger partial charge in [0, 0.05) is 6.54 Å². The summed E-state index contributed by atoms with van der Waals surface area (Å²) in [4.78, 5) is 0. The summed E-state index contributed by atoms with van der Waals surface area (Å²) in [5, 5.41) is 3.49. The van der Waals surface area contributed by atoms with Crippen LogP contribution >= 0.6 is 0 Å². The van der Waals surface area contributed by atoms with Gasteiger partial charge < -0.3 is 5.32 Å². The third-order valence-corrected chi connectivity index (χ3v) is 2.93. The van der Waals surface area contributed by atoms with E-state index in [2.05, 4.69) is 50.4 Å². The van der Waals surface area contributed by atoms with Crippen molar-refractivity contribution < 1.29 is 0 Å². The topological polar surface area (TPSA) is 12.0 Å². The van der Waals surface area contributed by atoms with Crippen molar-refractivity contribution >= 4 is 0 Å². The molecule has 0 amide bonds. The first-order valence-corrected chi connectivity index (χ1v) is 6.53. The highest BCUT2D eigenvalue weighted by atomic mass is 14.8. The molecule has 0 saturated heterocycles. The van der Waals surface area contributed by atoms with E-state index in [9.17, 15) is 0 Å². The highest BCUT2D eigenvalue weighted by Crippen LogP contribution is 2.14. The van der Waals surface area contributed by atoms with Gasteiger partial charge in [-0.15, -0.1) is 0 Å². The predicted octanol–water partition coefficient (Wildman–Crippen LogP) is 4.09. The molecule has 0 aliphatic heterocycles. The molecule has 0 aliphatic carbocycles. The second-order valence-electron chi connectivity index (χ2n) is 4.78. The van der Waals surface area contributed by atoms with Crippen molar-refractivity contribution in [2.24, 2.45) is 0 Å². The van der Waals surface area contributed by atoms with Gasteiger partial charge in [0.2, 0.25) is 0 Å². The van der Waals surface area contributed by atoms with Crippen molar-refractivity contribution in [3.63, 3.8) is 0 Å². The van der Waals surface area contributed by atoms with E-state index in [1.807, 2.05) is 0 Å². The molecule has 0 saturated carbocycles. The molecule has 90 valence electrons. The Balaban J connectivity index is 2.27. The van der Waals surface area contributed by atoms with Crippen LogP contribution in [0.2, 0.25) is 0 Å². The lowest BCUT2D eigenvalue weighted by molar-refractivity contribution is 0.616. The van der Waals surface area contributed by atoms with Crippen molar-refractivity contribution in [2.75, 3.05) is 6.54 Å². The minimum Gasteiger partial charge on any atom is -0.313 e. The van der Waals surface area contributed by atoms with Crippen LogP contribution in [0.4, 0.5) is 0 Å². The molecule has 0 unspecified atom stereocenters. The highest BCUT2D eigenvalue weighted by molar-refractivity contribution is 5.24. The lowest BCUT2D eigenvalue weighted by Gasteiger charge is -2.08. The highest BCUT2D eigenvalue weighted by Gasteiger charge is 1.98. The fourth-order valence-corrected chi connectivity index (χ4v) is 1.75. The van der Waals surface area contributed by atoms with E-state index in [1.165, 1.54) is 30.4 Å². The molecule has 1 nitrogen and oxygen atoms in total. The smallest absolute Gasteiger partial charge is 0.0205 e. The van der Waals surface area contributed by atoms with E-state index in [0.29, 0.717) is 5.92 Å². The van der Waals surface area contributed by atoms with Gasteiger partial charge in [0.15, 0.2) is 0 Å². The first kappa shape index (κ1) is 13.2. The van der Waals surface area contributed by atoms with Gasteiger partial charge in [-0.3, -0.25) is 0 Å². The van der Waals surface area contributed by atoms with Crippen LogP contribution in [0.1, 0.15) is 57.1 Å². The fourth-order valence-electron chi connectivity index (χ4n) is 1.75. The molecule has 0 heterocycles. The molecular formula is C15H25N. The van der Waals surface area contributed by atoms with Crippen LogP contribution in [0.15, 0.2) is 24.3 Å². The number of nitrogens with one attached hydrogen (secondary N) is 1. The van der Waals surface area contributed by atoms with Crippen LogP contribution in [0, 0.1) is 0 Å². The maximum atomic E-state index is 3.49. The van der Waals surface area contributed by atoms with Crippen molar-refractivity contribution in [3.8, 4) is 0 Å². The minimum atomic E-state index is 0.631. The summed E-state index contributed by atoms with van der Waals surface area (Å²) < 4.78 is 0. The van der Waals surface area contributed by atoms with Gasteiger partial charge in [0.1, 0.15) is 0 Å². The number of hydrogen-bond acceptors (Lipinski definition) is 1. The number of benzene rings is 1. The van der Waals surface area contributed by atoms with Gasteiger partial charge in [0.25, 0.3) is 0 Å². The zero-order valence-electron chi connectivity index (χ0n) is 10.9. The molecule has 0 fully saturated rings. The van der Waals surface area contributed by atoms with E-state index < -0.39 is 0 Å². The summed E-state index contributed by atoms with van der Waals surface area (Å²) in [6.45, 7) is 8.85. The Morgan fingerprint density at radius 2 is 1.75 bits per heavy atom. The number of rotatable bonds is 7. The Kier molecular flexibility index (Phi) is 6.17. The average molecular weight is 219 g/mol. The van der Waals surface area contributed by atoms with Gasteiger partial charge in [-0.2, -0.15) is 0 Å². The van der Waals surface area contributed by atoms with E-state index >= 15 is 0 Å². The van der Waals surface area contributed by atoms with Crippen LogP contribution < -0.4 is 5.32 Å². The van der Waals surface area contributed by atoms with Crippen LogP contribution in [-0.4, -0.2) is 6.54 Å². The fraction of sp³-hybridized carbons (Fsp3) is 0.600. The van der Waals surface area contributed by atoms with Crippen molar-refractivity contribution in [2.45, 2.75) is 52.5 Å². The van der Waals surface area contributed by atoms with Crippen LogP contribution in [0.5, 0.6) is 0 Å². The van der Waals surface area contributed by atoms with E-state index in [1.54, 1.807) is 0 Å². The molecule has 0 aromatic heterocycles.